The van der Waals surface area contributed by atoms with Gasteiger partial charge in [0.1, 0.15) is 0 Å². The molecule has 0 saturated heterocycles. The molecule has 18 heavy (non-hydrogen) atoms. The topological polar surface area (TPSA) is 25.2 Å². The smallest absolute Gasteiger partial charge is 0.0902 e. The molecule has 2 heteroatoms. The second-order valence-electron chi connectivity index (χ2n) is 3.65. The third-order valence-corrected chi connectivity index (χ3v) is 2.26. The van der Waals surface area contributed by atoms with Gasteiger partial charge in [0.05, 0.1) is 12.5 Å². The highest BCUT2D eigenvalue weighted by Gasteiger charge is 1.89. The van der Waals surface area contributed by atoms with E-state index in [1.807, 2.05) is 72.8 Å². The van der Waals surface area contributed by atoms with E-state index in [1.54, 1.807) is 12.5 Å². The first-order chi connectivity index (χ1) is 8.95. The van der Waals surface area contributed by atoms with E-state index >= 15 is 0 Å². The van der Waals surface area contributed by atoms with Crippen LogP contribution in [0.1, 0.15) is 0 Å². The van der Waals surface area contributed by atoms with Gasteiger partial charge in [0.25, 0.3) is 0 Å². The van der Waals surface area contributed by atoms with Crippen LogP contribution in [0.15, 0.2) is 89.7 Å². The lowest BCUT2D eigenvalue weighted by atomic mass is 10.3. The number of benzene rings is 2. The lowest BCUT2D eigenvalue weighted by Gasteiger charge is -2.04. The zero-order valence-electron chi connectivity index (χ0n) is 9.99. The van der Waals surface area contributed by atoms with Crippen molar-refractivity contribution in [3.05, 3.63) is 85.3 Å². The van der Waals surface area contributed by atoms with Crippen molar-refractivity contribution in [1.82, 2.24) is 0 Å². The summed E-state index contributed by atoms with van der Waals surface area (Å²) < 4.78 is 4.58. The highest BCUT2D eigenvalue weighted by atomic mass is 16.3. The maximum absolute atomic E-state index is 4.58. The molecule has 2 nitrogen and oxygen atoms in total. The lowest BCUT2D eigenvalue weighted by molar-refractivity contribution is 0.567. The number of hydrogen-bond donors (Lipinski definition) is 1. The molecule has 1 N–H and O–H groups in total. The molecule has 0 saturated carbocycles. The predicted octanol–water partition coefficient (Wildman–Crippen LogP) is 4.71. The van der Waals surface area contributed by atoms with Gasteiger partial charge in [-0.15, -0.1) is 0 Å². The van der Waals surface area contributed by atoms with Gasteiger partial charge in [-0.1, -0.05) is 36.4 Å². The van der Waals surface area contributed by atoms with E-state index in [0.717, 1.165) is 11.4 Å². The molecule has 0 unspecified atom stereocenters. The monoisotopic (exact) mass is 237 g/mol. The molecule has 0 aliphatic carbocycles. The Morgan fingerprint density at radius 3 is 1.33 bits per heavy atom. The minimum atomic E-state index is 1.12. The van der Waals surface area contributed by atoms with Gasteiger partial charge >= 0.3 is 0 Å². The lowest BCUT2D eigenvalue weighted by Crippen LogP contribution is -1.87. The van der Waals surface area contributed by atoms with Gasteiger partial charge in [-0.05, 0) is 36.4 Å². The summed E-state index contributed by atoms with van der Waals surface area (Å²) in [5, 5.41) is 3.30. The van der Waals surface area contributed by atoms with Gasteiger partial charge in [-0.3, -0.25) is 0 Å². The van der Waals surface area contributed by atoms with Crippen LogP contribution in [0.2, 0.25) is 0 Å². The van der Waals surface area contributed by atoms with E-state index in [4.69, 9.17) is 0 Å². The summed E-state index contributed by atoms with van der Waals surface area (Å²) in [4.78, 5) is 0. The quantitative estimate of drug-likeness (QED) is 0.698. The molecule has 0 atom stereocenters. The number of anilines is 2. The maximum atomic E-state index is 4.58. The predicted molar refractivity (Wildman–Crippen MR) is 74.9 cm³/mol. The molecule has 1 aromatic heterocycles. The van der Waals surface area contributed by atoms with Crippen LogP contribution in [0.3, 0.4) is 0 Å². The number of para-hydroxylation sites is 2. The average molecular weight is 237 g/mol. The van der Waals surface area contributed by atoms with Gasteiger partial charge < -0.3 is 9.73 Å². The maximum Gasteiger partial charge on any atom is 0.0902 e. The van der Waals surface area contributed by atoms with Crippen molar-refractivity contribution in [1.29, 1.82) is 0 Å². The average Bonchev–Trinajstić information content (AvgIpc) is 3.00. The summed E-state index contributed by atoms with van der Waals surface area (Å²) in [6, 6.07) is 24.0. The Morgan fingerprint density at radius 1 is 0.556 bits per heavy atom. The Kier molecular flexibility index (Phi) is 4.64. The van der Waals surface area contributed by atoms with Crippen LogP contribution in [0, 0.1) is 0 Å². The van der Waals surface area contributed by atoms with Crippen LogP contribution < -0.4 is 5.32 Å². The van der Waals surface area contributed by atoms with Crippen LogP contribution in [0.25, 0.3) is 0 Å². The number of furan rings is 1. The molecular weight excluding hydrogens is 222 g/mol. The first-order valence-electron chi connectivity index (χ1n) is 5.79. The highest BCUT2D eigenvalue weighted by Crippen LogP contribution is 2.14. The van der Waals surface area contributed by atoms with Gasteiger partial charge in [0.2, 0.25) is 0 Å². The zero-order chi connectivity index (χ0) is 12.5. The minimum absolute atomic E-state index is 1.12. The van der Waals surface area contributed by atoms with Crippen molar-refractivity contribution < 1.29 is 4.42 Å². The Hall–Kier alpha value is -2.48. The Balaban J connectivity index is 0.000000202. The molecule has 0 amide bonds. The summed E-state index contributed by atoms with van der Waals surface area (Å²) in [5.74, 6) is 0. The number of nitrogens with one attached hydrogen (secondary N) is 1. The summed E-state index contributed by atoms with van der Waals surface area (Å²) in [5.41, 5.74) is 2.24. The first kappa shape index (κ1) is 12.0. The van der Waals surface area contributed by atoms with E-state index in [0.29, 0.717) is 0 Å². The van der Waals surface area contributed by atoms with Gasteiger partial charge in [0, 0.05) is 11.4 Å². The summed E-state index contributed by atoms with van der Waals surface area (Å²) in [6.45, 7) is 0. The van der Waals surface area contributed by atoms with Crippen LogP contribution in [-0.4, -0.2) is 0 Å². The Bertz CT molecular complexity index is 463. The molecule has 0 spiro atoms. The molecular formula is C16H15NO. The normalized spacial score (nSPS) is 9.11. The van der Waals surface area contributed by atoms with E-state index < -0.39 is 0 Å². The van der Waals surface area contributed by atoms with Gasteiger partial charge in [-0.2, -0.15) is 0 Å². The summed E-state index contributed by atoms with van der Waals surface area (Å²) in [6.07, 6.45) is 3.25. The third kappa shape index (κ3) is 4.18. The van der Waals surface area contributed by atoms with E-state index in [9.17, 15) is 0 Å². The molecule has 3 aromatic rings. The Labute approximate surface area is 107 Å². The van der Waals surface area contributed by atoms with Crippen molar-refractivity contribution in [2.75, 3.05) is 5.32 Å². The fourth-order valence-corrected chi connectivity index (χ4v) is 1.44. The van der Waals surface area contributed by atoms with Crippen molar-refractivity contribution in [3.63, 3.8) is 0 Å². The molecule has 1 heterocycles. The second kappa shape index (κ2) is 6.97. The van der Waals surface area contributed by atoms with Crippen molar-refractivity contribution in [3.8, 4) is 0 Å². The van der Waals surface area contributed by atoms with E-state index in [-0.39, 0.29) is 0 Å². The van der Waals surface area contributed by atoms with Gasteiger partial charge in [0.15, 0.2) is 0 Å². The Morgan fingerprint density at radius 2 is 1.00 bits per heavy atom. The molecule has 0 radical (unpaired) electrons. The third-order valence-electron chi connectivity index (χ3n) is 2.26. The van der Waals surface area contributed by atoms with Crippen LogP contribution >= 0.6 is 0 Å². The molecule has 90 valence electrons. The van der Waals surface area contributed by atoms with E-state index in [1.165, 1.54) is 0 Å². The fourth-order valence-electron chi connectivity index (χ4n) is 1.44. The number of rotatable bonds is 2. The first-order valence-corrected chi connectivity index (χ1v) is 5.79. The van der Waals surface area contributed by atoms with Crippen LogP contribution in [0.4, 0.5) is 11.4 Å². The van der Waals surface area contributed by atoms with Crippen molar-refractivity contribution in [2.24, 2.45) is 0 Å². The van der Waals surface area contributed by atoms with Crippen LogP contribution in [-0.2, 0) is 0 Å². The second-order valence-corrected chi connectivity index (χ2v) is 3.65. The summed E-state index contributed by atoms with van der Waals surface area (Å²) >= 11 is 0. The highest BCUT2D eigenvalue weighted by molar-refractivity contribution is 5.58. The standard InChI is InChI=1S/C12H11N.C4H4O/c1-3-7-11(8-4-1)13-12-9-5-2-6-10-12;1-2-4-5-3-1/h1-10,13H;1-4H. The molecule has 2 aromatic carbocycles. The van der Waals surface area contributed by atoms with Crippen molar-refractivity contribution in [2.45, 2.75) is 0 Å². The fraction of sp³-hybridized carbons (Fsp3) is 0. The van der Waals surface area contributed by atoms with Gasteiger partial charge in [-0.25, -0.2) is 0 Å². The van der Waals surface area contributed by atoms with E-state index in [2.05, 4.69) is 9.73 Å². The van der Waals surface area contributed by atoms with Crippen LogP contribution in [0.5, 0.6) is 0 Å². The SMILES string of the molecule is c1ccc(Nc2ccccc2)cc1.c1ccoc1. The molecule has 3 rings (SSSR count). The van der Waals surface area contributed by atoms with Crippen molar-refractivity contribution >= 4 is 11.4 Å². The molecule has 0 aliphatic rings. The molecule has 0 aliphatic heterocycles. The molecule has 0 bridgehead atoms. The number of hydrogen-bond acceptors (Lipinski definition) is 2. The minimum Gasteiger partial charge on any atom is -0.473 e. The summed E-state index contributed by atoms with van der Waals surface area (Å²) in [7, 11) is 0. The molecule has 0 fully saturated rings. The zero-order valence-corrected chi connectivity index (χ0v) is 9.99. The largest absolute Gasteiger partial charge is 0.473 e.